The summed E-state index contributed by atoms with van der Waals surface area (Å²) in [6, 6.07) is 9.70. The van der Waals surface area contributed by atoms with Crippen LogP contribution in [-0.2, 0) is 23.9 Å². The van der Waals surface area contributed by atoms with Crippen molar-refractivity contribution in [2.24, 2.45) is 11.8 Å². The van der Waals surface area contributed by atoms with E-state index in [1.165, 1.54) is 30.5 Å². The number of nitrogens with one attached hydrogen (secondary N) is 5. The number of amides is 7. The van der Waals surface area contributed by atoms with E-state index in [1.54, 1.807) is 43.1 Å². The first-order valence-corrected chi connectivity index (χ1v) is 20.1. The summed E-state index contributed by atoms with van der Waals surface area (Å²) in [5.74, 6) is -0.899. The first-order valence-electron chi connectivity index (χ1n) is 19.3. The summed E-state index contributed by atoms with van der Waals surface area (Å²) in [7, 11) is 2.48. The maximum atomic E-state index is 13.5. The number of benzene rings is 2. The van der Waals surface area contributed by atoms with Crippen molar-refractivity contribution in [3.05, 3.63) is 54.5 Å². The largest absolute Gasteiger partial charge is 0.453 e. The van der Waals surface area contributed by atoms with Gasteiger partial charge in [-0.1, -0.05) is 52.0 Å². The summed E-state index contributed by atoms with van der Waals surface area (Å²) < 4.78 is 10.2. The van der Waals surface area contributed by atoms with Gasteiger partial charge < -0.3 is 40.2 Å². The number of urea groups is 1. The van der Waals surface area contributed by atoms with Gasteiger partial charge in [-0.25, -0.2) is 24.4 Å². The van der Waals surface area contributed by atoms with E-state index in [0.29, 0.717) is 37.4 Å². The van der Waals surface area contributed by atoms with Gasteiger partial charge in [0.05, 0.1) is 42.4 Å². The van der Waals surface area contributed by atoms with Crippen molar-refractivity contribution in [1.29, 1.82) is 0 Å². The van der Waals surface area contributed by atoms with Crippen LogP contribution in [0.2, 0.25) is 0 Å². The Morgan fingerprint density at radius 2 is 1.41 bits per heavy atom. The van der Waals surface area contributed by atoms with Crippen molar-refractivity contribution in [2.45, 2.75) is 77.5 Å². The van der Waals surface area contributed by atoms with Gasteiger partial charge in [-0.3, -0.25) is 19.7 Å². The monoisotopic (exact) mass is 815 g/mol. The number of anilines is 1. The van der Waals surface area contributed by atoms with Crippen LogP contribution in [0.1, 0.15) is 65.2 Å². The third kappa shape index (κ3) is 9.22. The molecule has 0 aliphatic carbocycles. The van der Waals surface area contributed by atoms with Gasteiger partial charge >= 0.3 is 18.2 Å². The molecule has 0 radical (unpaired) electrons. The fourth-order valence-corrected chi connectivity index (χ4v) is 8.31. The number of carbonyl (C=O) groups is 6. The second-order valence-electron chi connectivity index (χ2n) is 15.0. The predicted octanol–water partition coefficient (Wildman–Crippen LogP) is 5.42. The number of ether oxygens (including phenoxy) is 2. The molecule has 0 saturated carbocycles. The number of thiazole rings is 1. The molecule has 2 aliphatic heterocycles. The van der Waals surface area contributed by atoms with E-state index in [-0.39, 0.29) is 23.8 Å². The van der Waals surface area contributed by atoms with Gasteiger partial charge in [-0.05, 0) is 61.3 Å². The van der Waals surface area contributed by atoms with Crippen molar-refractivity contribution in [2.75, 3.05) is 32.6 Å². The molecule has 0 bridgehead atoms. The van der Waals surface area contributed by atoms with Crippen molar-refractivity contribution < 1.29 is 38.2 Å². The standard InChI is InChI=1S/C40H49N9O8S/c1-21(2)31(45-39(54)56-5)36(51)48-17-7-9-28(48)33-41-20-27(43-33)23-11-13-24(14-12-23)35-44-26-16-15-25(19-30(26)58-35)42-38(53)47-34(50)29-10-8-18-49(29)37(52)32(22(3)4)46-40(55)57-6/h11-16,19-22,28-29,31-32H,7-10,17-18H2,1-6H3,(H,41,43)(H,45,54)(H,46,55)(H2,42,47,50,53)/t28-,29-,31-,32-/m0/s1. The number of hydrogen-bond acceptors (Lipinski definition) is 11. The first kappa shape index (κ1) is 41.6. The van der Waals surface area contributed by atoms with Crippen LogP contribution in [-0.4, -0.2) is 106 Å². The third-order valence-electron chi connectivity index (χ3n) is 10.4. The normalized spacial score (nSPS) is 17.6. The molecule has 6 rings (SSSR count). The van der Waals surface area contributed by atoms with Crippen LogP contribution in [0.4, 0.5) is 20.1 Å². The number of carbonyl (C=O) groups excluding carboxylic acids is 6. The predicted molar refractivity (Wildman–Crippen MR) is 217 cm³/mol. The smallest absolute Gasteiger partial charge is 0.407 e. The molecule has 18 heteroatoms. The van der Waals surface area contributed by atoms with Crippen LogP contribution in [0.15, 0.2) is 48.7 Å². The van der Waals surface area contributed by atoms with E-state index in [1.807, 2.05) is 38.1 Å². The molecule has 308 valence electrons. The third-order valence-corrected chi connectivity index (χ3v) is 11.5. The van der Waals surface area contributed by atoms with Crippen LogP contribution < -0.4 is 21.3 Å². The van der Waals surface area contributed by atoms with E-state index in [2.05, 4.69) is 36.0 Å². The quantitative estimate of drug-likeness (QED) is 0.130. The number of aromatic amines is 1. The molecule has 0 unspecified atom stereocenters. The molecular formula is C40H49N9O8S. The average Bonchev–Trinajstić information content (AvgIpc) is 4.04. The van der Waals surface area contributed by atoms with E-state index >= 15 is 0 Å². The lowest BCUT2D eigenvalue weighted by Crippen LogP contribution is -2.55. The van der Waals surface area contributed by atoms with E-state index in [4.69, 9.17) is 9.72 Å². The molecule has 4 atom stereocenters. The van der Waals surface area contributed by atoms with Gasteiger partial charge in [0.2, 0.25) is 11.8 Å². The Labute approximate surface area is 339 Å². The van der Waals surface area contributed by atoms with E-state index in [9.17, 15) is 28.8 Å². The fraction of sp³-hybridized carbons (Fsp3) is 0.450. The first-order chi connectivity index (χ1) is 27.8. The van der Waals surface area contributed by atoms with Crippen molar-refractivity contribution >= 4 is 63.2 Å². The highest BCUT2D eigenvalue weighted by Gasteiger charge is 2.40. The Kier molecular flexibility index (Phi) is 12.9. The minimum Gasteiger partial charge on any atom is -0.453 e. The summed E-state index contributed by atoms with van der Waals surface area (Å²) in [6.45, 7) is 8.21. The molecule has 17 nitrogen and oxygen atoms in total. The summed E-state index contributed by atoms with van der Waals surface area (Å²) in [6.07, 6.45) is 2.89. The number of H-pyrrole nitrogens is 1. The minimum absolute atomic E-state index is 0.130. The van der Waals surface area contributed by atoms with Gasteiger partial charge in [0.25, 0.3) is 5.91 Å². The van der Waals surface area contributed by atoms with Crippen LogP contribution in [0.25, 0.3) is 32.0 Å². The van der Waals surface area contributed by atoms with Crippen LogP contribution >= 0.6 is 11.3 Å². The molecule has 58 heavy (non-hydrogen) atoms. The molecule has 2 aliphatic rings. The zero-order valence-electron chi connectivity index (χ0n) is 33.3. The zero-order chi connectivity index (χ0) is 41.7. The number of imidazole rings is 1. The Morgan fingerprint density at radius 3 is 2.05 bits per heavy atom. The average molecular weight is 816 g/mol. The fourth-order valence-electron chi connectivity index (χ4n) is 7.30. The molecule has 4 heterocycles. The second-order valence-corrected chi connectivity index (χ2v) is 16.0. The number of fused-ring (bicyclic) bond motifs is 1. The minimum atomic E-state index is -0.884. The number of rotatable bonds is 11. The number of imide groups is 1. The molecule has 5 N–H and O–H groups in total. The number of alkyl carbamates (subject to hydrolysis) is 2. The molecular weight excluding hydrogens is 767 g/mol. The highest BCUT2D eigenvalue weighted by atomic mass is 32.1. The van der Waals surface area contributed by atoms with Crippen molar-refractivity contribution in [3.8, 4) is 21.8 Å². The van der Waals surface area contributed by atoms with Crippen molar-refractivity contribution in [3.63, 3.8) is 0 Å². The summed E-state index contributed by atoms with van der Waals surface area (Å²) in [5, 5.41) is 11.1. The van der Waals surface area contributed by atoms with E-state index in [0.717, 1.165) is 44.9 Å². The Bertz CT molecular complexity index is 2170. The SMILES string of the molecule is COC(=O)N[C@H](C(=O)N1CCC[C@H]1C(=O)NC(=O)Nc1ccc2nc(-c3ccc(-c4cnc([C@@H]5CCCN5C(=O)[C@@H](NC(=O)OC)C(C)C)[nH]4)cc3)sc2c1)C(C)C. The molecule has 2 saturated heterocycles. The van der Waals surface area contributed by atoms with Crippen molar-refractivity contribution in [1.82, 2.24) is 40.7 Å². The number of aromatic nitrogens is 3. The Morgan fingerprint density at radius 1 is 0.810 bits per heavy atom. The molecule has 7 amide bonds. The topological polar surface area (TPSA) is 217 Å². The highest BCUT2D eigenvalue weighted by molar-refractivity contribution is 7.21. The Balaban J connectivity index is 1.07. The maximum absolute atomic E-state index is 13.5. The van der Waals surface area contributed by atoms with E-state index < -0.39 is 48.2 Å². The maximum Gasteiger partial charge on any atom is 0.407 e. The van der Waals surface area contributed by atoms with Crippen LogP contribution in [0.3, 0.4) is 0 Å². The lowest BCUT2D eigenvalue weighted by Gasteiger charge is -2.30. The number of methoxy groups -OCH3 is 2. The summed E-state index contributed by atoms with van der Waals surface area (Å²) in [4.78, 5) is 92.8. The Hall–Kier alpha value is -6.04. The van der Waals surface area contributed by atoms with Gasteiger partial charge in [-0.2, -0.15) is 0 Å². The highest BCUT2D eigenvalue weighted by Crippen LogP contribution is 2.35. The van der Waals surface area contributed by atoms with Gasteiger partial charge in [-0.15, -0.1) is 11.3 Å². The van der Waals surface area contributed by atoms with Crippen LogP contribution in [0.5, 0.6) is 0 Å². The number of likely N-dealkylation sites (tertiary alicyclic amines) is 2. The van der Waals surface area contributed by atoms with Gasteiger partial charge in [0.1, 0.15) is 29.0 Å². The second kappa shape index (κ2) is 18.0. The molecule has 2 aromatic carbocycles. The molecule has 2 fully saturated rings. The molecule has 4 aromatic rings. The number of hydrogen-bond donors (Lipinski definition) is 5. The lowest BCUT2D eigenvalue weighted by molar-refractivity contribution is -0.140. The summed E-state index contributed by atoms with van der Waals surface area (Å²) in [5.41, 5.74) is 3.80. The van der Waals surface area contributed by atoms with Gasteiger partial charge in [0.15, 0.2) is 0 Å². The number of nitrogens with zero attached hydrogens (tertiary/aromatic N) is 4. The summed E-state index contributed by atoms with van der Waals surface area (Å²) >= 11 is 1.45. The zero-order valence-corrected chi connectivity index (χ0v) is 34.1. The van der Waals surface area contributed by atoms with Crippen LogP contribution in [0, 0.1) is 11.8 Å². The van der Waals surface area contributed by atoms with Gasteiger partial charge in [0, 0.05) is 24.3 Å². The lowest BCUT2D eigenvalue weighted by atomic mass is 10.0. The molecule has 2 aromatic heterocycles. The molecule has 0 spiro atoms.